The highest BCUT2D eigenvalue weighted by atomic mass is 16.3. The van der Waals surface area contributed by atoms with Gasteiger partial charge in [0.1, 0.15) is 11.2 Å². The molecule has 55 heavy (non-hydrogen) atoms. The van der Waals surface area contributed by atoms with Crippen LogP contribution in [0.25, 0.3) is 82.5 Å². The van der Waals surface area contributed by atoms with Gasteiger partial charge in [-0.2, -0.15) is 0 Å². The Morgan fingerprint density at radius 3 is 1.49 bits per heavy atom. The Balaban J connectivity index is 1.02. The predicted molar refractivity (Wildman–Crippen MR) is 231 cm³/mol. The van der Waals surface area contributed by atoms with Crippen LogP contribution in [-0.2, 0) is 0 Å². The SMILES string of the molecule is c1ccc(-c2cccc3c2oc2c4ccccc4c(-c4ccc(N(c5ccccc5)c5ccc(-n6c7ccccc7c7ccccc76)cc5)cc4)cc32)cc1. The smallest absolute Gasteiger partial charge is 0.143 e. The number of nitrogens with zero attached hydrogens (tertiary/aromatic N) is 2. The average molecular weight is 703 g/mol. The molecule has 2 aromatic heterocycles. The zero-order valence-corrected chi connectivity index (χ0v) is 29.9. The second-order valence-electron chi connectivity index (χ2n) is 14.1. The fraction of sp³-hybridized carbons (Fsp3) is 0. The maximum absolute atomic E-state index is 6.76. The van der Waals surface area contributed by atoms with Gasteiger partial charge in [-0.25, -0.2) is 0 Å². The highest BCUT2D eigenvalue weighted by molar-refractivity contribution is 6.20. The molecule has 0 aliphatic carbocycles. The van der Waals surface area contributed by atoms with Crippen LogP contribution >= 0.6 is 0 Å². The summed E-state index contributed by atoms with van der Waals surface area (Å²) in [6.45, 7) is 0. The van der Waals surface area contributed by atoms with Crippen molar-refractivity contribution in [2.75, 3.05) is 4.90 Å². The van der Waals surface area contributed by atoms with E-state index in [1.807, 2.05) is 0 Å². The number of furan rings is 1. The van der Waals surface area contributed by atoms with Gasteiger partial charge in [-0.05, 0) is 88.8 Å². The number of hydrogen-bond acceptors (Lipinski definition) is 2. The Morgan fingerprint density at radius 2 is 0.818 bits per heavy atom. The number of aromatic nitrogens is 1. The lowest BCUT2D eigenvalue weighted by molar-refractivity contribution is 0.674. The van der Waals surface area contributed by atoms with E-state index in [-0.39, 0.29) is 0 Å². The molecule has 258 valence electrons. The number of hydrogen-bond donors (Lipinski definition) is 0. The van der Waals surface area contributed by atoms with Crippen LogP contribution in [0, 0.1) is 0 Å². The van der Waals surface area contributed by atoms with Crippen molar-refractivity contribution < 1.29 is 4.42 Å². The predicted octanol–water partition coefficient (Wildman–Crippen LogP) is 14.6. The van der Waals surface area contributed by atoms with Crippen molar-refractivity contribution in [2.24, 2.45) is 0 Å². The lowest BCUT2D eigenvalue weighted by atomic mass is 9.94. The topological polar surface area (TPSA) is 21.3 Å². The molecule has 11 rings (SSSR count). The summed E-state index contributed by atoms with van der Waals surface area (Å²) in [6.07, 6.45) is 0. The fourth-order valence-corrected chi connectivity index (χ4v) is 8.47. The van der Waals surface area contributed by atoms with Crippen LogP contribution in [0.5, 0.6) is 0 Å². The van der Waals surface area contributed by atoms with Gasteiger partial charge in [0.2, 0.25) is 0 Å². The Bertz CT molecular complexity index is 3120. The molecule has 0 radical (unpaired) electrons. The molecule has 9 aromatic carbocycles. The molecular formula is C52H34N2O. The number of fused-ring (bicyclic) bond motifs is 8. The Kier molecular flexibility index (Phi) is 7.17. The van der Waals surface area contributed by atoms with Gasteiger partial charge in [0.05, 0.1) is 11.0 Å². The van der Waals surface area contributed by atoms with Crippen LogP contribution in [0.15, 0.2) is 211 Å². The minimum absolute atomic E-state index is 0.920. The van der Waals surface area contributed by atoms with Crippen molar-refractivity contribution in [3.8, 4) is 27.9 Å². The van der Waals surface area contributed by atoms with Gasteiger partial charge >= 0.3 is 0 Å². The minimum atomic E-state index is 0.920. The summed E-state index contributed by atoms with van der Waals surface area (Å²) < 4.78 is 9.12. The van der Waals surface area contributed by atoms with Gasteiger partial charge in [-0.1, -0.05) is 140 Å². The van der Waals surface area contributed by atoms with E-state index in [0.717, 1.165) is 66.8 Å². The molecule has 0 aliphatic heterocycles. The molecule has 0 aliphatic rings. The first-order valence-corrected chi connectivity index (χ1v) is 18.8. The van der Waals surface area contributed by atoms with E-state index in [1.165, 1.54) is 32.8 Å². The van der Waals surface area contributed by atoms with Crippen LogP contribution < -0.4 is 4.90 Å². The van der Waals surface area contributed by atoms with Crippen LogP contribution in [0.1, 0.15) is 0 Å². The van der Waals surface area contributed by atoms with Gasteiger partial charge in [0, 0.05) is 55.2 Å². The molecule has 0 saturated heterocycles. The Morgan fingerprint density at radius 1 is 0.327 bits per heavy atom. The molecule has 0 amide bonds. The summed E-state index contributed by atoms with van der Waals surface area (Å²) in [5.74, 6) is 0. The van der Waals surface area contributed by atoms with E-state index in [0.29, 0.717) is 0 Å². The van der Waals surface area contributed by atoms with E-state index in [2.05, 4.69) is 216 Å². The zero-order chi connectivity index (χ0) is 36.3. The Hall–Kier alpha value is -7.36. The first-order valence-electron chi connectivity index (χ1n) is 18.8. The van der Waals surface area contributed by atoms with Crippen molar-refractivity contribution in [1.29, 1.82) is 0 Å². The second kappa shape index (κ2) is 12.6. The molecule has 0 spiro atoms. The van der Waals surface area contributed by atoms with Crippen molar-refractivity contribution in [2.45, 2.75) is 0 Å². The van der Waals surface area contributed by atoms with Crippen LogP contribution in [0.4, 0.5) is 17.1 Å². The third kappa shape index (κ3) is 5.05. The van der Waals surface area contributed by atoms with E-state index < -0.39 is 0 Å². The van der Waals surface area contributed by atoms with Gasteiger partial charge in [0.25, 0.3) is 0 Å². The quantitative estimate of drug-likeness (QED) is 0.172. The molecule has 0 saturated carbocycles. The third-order valence-electron chi connectivity index (χ3n) is 11.0. The molecule has 0 fully saturated rings. The fourth-order valence-electron chi connectivity index (χ4n) is 8.47. The standard InChI is InChI=1S/C52H34N2O/c1-3-14-35(15-4-1)41-22-13-23-46-48-34-47(42-18-7-8-21-45(42)52(48)55-51(41)46)36-26-28-38(29-27-36)53(37-16-5-2-6-17-37)39-30-32-40(33-31-39)54-49-24-11-9-19-43(49)44-20-10-12-25-50(44)54/h1-34H. The van der Waals surface area contributed by atoms with Gasteiger partial charge < -0.3 is 13.9 Å². The van der Waals surface area contributed by atoms with Crippen LogP contribution in [0.2, 0.25) is 0 Å². The molecule has 0 N–H and O–H groups in total. The van der Waals surface area contributed by atoms with E-state index >= 15 is 0 Å². The molecule has 11 aromatic rings. The number of anilines is 3. The maximum atomic E-state index is 6.76. The molecule has 0 unspecified atom stereocenters. The monoisotopic (exact) mass is 702 g/mol. The summed E-state index contributed by atoms with van der Waals surface area (Å²) in [5, 5.41) is 7.06. The van der Waals surface area contributed by atoms with E-state index in [4.69, 9.17) is 4.42 Å². The third-order valence-corrected chi connectivity index (χ3v) is 11.0. The van der Waals surface area contributed by atoms with E-state index in [1.54, 1.807) is 0 Å². The summed E-state index contributed by atoms with van der Waals surface area (Å²) in [5.41, 5.74) is 13.3. The summed E-state index contributed by atoms with van der Waals surface area (Å²) in [7, 11) is 0. The van der Waals surface area contributed by atoms with Gasteiger partial charge in [-0.15, -0.1) is 0 Å². The van der Waals surface area contributed by atoms with Gasteiger partial charge in [-0.3, -0.25) is 0 Å². The molecule has 0 atom stereocenters. The number of benzene rings is 9. The molecule has 3 nitrogen and oxygen atoms in total. The van der Waals surface area contributed by atoms with Crippen molar-refractivity contribution >= 4 is 71.6 Å². The summed E-state index contributed by atoms with van der Waals surface area (Å²) in [4.78, 5) is 2.33. The largest absolute Gasteiger partial charge is 0.455 e. The number of rotatable bonds is 6. The van der Waals surface area contributed by atoms with Crippen LogP contribution in [-0.4, -0.2) is 4.57 Å². The average Bonchev–Trinajstić information content (AvgIpc) is 3.81. The van der Waals surface area contributed by atoms with Gasteiger partial charge in [0.15, 0.2) is 0 Å². The van der Waals surface area contributed by atoms with E-state index in [9.17, 15) is 0 Å². The molecule has 2 heterocycles. The normalized spacial score (nSPS) is 11.6. The minimum Gasteiger partial charge on any atom is -0.455 e. The first kappa shape index (κ1) is 31.2. The van der Waals surface area contributed by atoms with Crippen molar-refractivity contribution in [3.63, 3.8) is 0 Å². The first-order chi connectivity index (χ1) is 27.3. The second-order valence-corrected chi connectivity index (χ2v) is 14.1. The van der Waals surface area contributed by atoms with Crippen molar-refractivity contribution in [1.82, 2.24) is 4.57 Å². The highest BCUT2D eigenvalue weighted by Crippen LogP contribution is 2.43. The molecule has 0 bridgehead atoms. The van der Waals surface area contributed by atoms with Crippen molar-refractivity contribution in [3.05, 3.63) is 206 Å². The number of para-hydroxylation sites is 4. The van der Waals surface area contributed by atoms with Crippen LogP contribution in [0.3, 0.4) is 0 Å². The molecule has 3 heteroatoms. The molecular weight excluding hydrogens is 669 g/mol. The highest BCUT2D eigenvalue weighted by Gasteiger charge is 2.19. The lowest BCUT2D eigenvalue weighted by Crippen LogP contribution is -2.10. The summed E-state index contributed by atoms with van der Waals surface area (Å²) in [6, 6.07) is 73.7. The Labute approximate surface area is 318 Å². The lowest BCUT2D eigenvalue weighted by Gasteiger charge is -2.26. The zero-order valence-electron chi connectivity index (χ0n) is 29.9. The summed E-state index contributed by atoms with van der Waals surface area (Å²) >= 11 is 0. The maximum Gasteiger partial charge on any atom is 0.143 e.